The van der Waals surface area contributed by atoms with E-state index in [1.165, 1.54) is 21.5 Å². The topological polar surface area (TPSA) is 101 Å². The molecule has 170 valence electrons. The van der Waals surface area contributed by atoms with Crippen molar-refractivity contribution in [1.29, 1.82) is 0 Å². The van der Waals surface area contributed by atoms with Gasteiger partial charge in [-0.1, -0.05) is 84.9 Å². The maximum absolute atomic E-state index is 8.49. The number of hydrogen-bond acceptors (Lipinski definition) is 5. The molecule has 4 aromatic carbocycles. The first-order valence-electron chi connectivity index (χ1n) is 10.3. The van der Waals surface area contributed by atoms with Crippen LogP contribution >= 0.6 is 7.49 Å². The van der Waals surface area contributed by atoms with Crippen LogP contribution in [0.3, 0.4) is 0 Å². The highest BCUT2D eigenvalue weighted by Crippen LogP contribution is 2.56. The Hall–Kier alpha value is -2.60. The molecule has 0 saturated carbocycles. The van der Waals surface area contributed by atoms with Crippen molar-refractivity contribution in [2.24, 2.45) is 0 Å². The molecule has 0 N–H and O–H groups in total. The van der Waals surface area contributed by atoms with E-state index in [0.717, 1.165) is 6.42 Å². The molecule has 33 heavy (non-hydrogen) atoms. The van der Waals surface area contributed by atoms with Gasteiger partial charge in [-0.2, -0.15) is 0 Å². The molecule has 0 bridgehead atoms. The Bertz CT molecular complexity index is 973. The van der Waals surface area contributed by atoms with Gasteiger partial charge in [0.2, 0.25) is 7.49 Å². The summed E-state index contributed by atoms with van der Waals surface area (Å²) in [5.41, 5.74) is 1.30. The average Bonchev–Trinajstić information content (AvgIpc) is 2.83. The fourth-order valence-electron chi connectivity index (χ4n) is 3.53. The highest BCUT2D eigenvalue weighted by atomic mass is 35.7. The van der Waals surface area contributed by atoms with E-state index in [1.807, 2.05) is 0 Å². The highest BCUT2D eigenvalue weighted by Gasteiger charge is 2.47. The van der Waals surface area contributed by atoms with Crippen LogP contribution in [0.15, 0.2) is 121 Å². The molecular weight excluding hydrogens is 459 g/mol. The van der Waals surface area contributed by atoms with Crippen LogP contribution in [0.1, 0.15) is 5.56 Å². The SMILES string of the molecule is [O-][Cl+3]([O-])([O-])[O-].c1ccc(CCO[P+](c2ccccc2)(c2ccccc2)c2ccccc2)cc1. The maximum Gasteiger partial charge on any atom is 0.242 e. The van der Waals surface area contributed by atoms with Crippen molar-refractivity contribution in [3.05, 3.63) is 127 Å². The molecule has 7 heteroatoms. The van der Waals surface area contributed by atoms with Crippen LogP contribution in [0.25, 0.3) is 0 Å². The average molecular weight is 483 g/mol. The molecule has 4 aromatic rings. The van der Waals surface area contributed by atoms with Crippen molar-refractivity contribution in [3.63, 3.8) is 0 Å². The lowest BCUT2D eigenvalue weighted by molar-refractivity contribution is -2.00. The zero-order chi connectivity index (χ0) is 23.6. The molecule has 0 aromatic heterocycles. The van der Waals surface area contributed by atoms with Crippen LogP contribution in [0.2, 0.25) is 0 Å². The van der Waals surface area contributed by atoms with Gasteiger partial charge in [-0.05, 0) is 42.0 Å². The molecule has 0 spiro atoms. The van der Waals surface area contributed by atoms with Crippen LogP contribution in [0, 0.1) is 10.2 Å². The Labute approximate surface area is 196 Å². The third-order valence-electron chi connectivity index (χ3n) is 4.88. The predicted molar refractivity (Wildman–Crippen MR) is 121 cm³/mol. The summed E-state index contributed by atoms with van der Waals surface area (Å²) in [6.45, 7) is 0.677. The summed E-state index contributed by atoms with van der Waals surface area (Å²) in [6.07, 6.45) is 0.898. The van der Waals surface area contributed by atoms with E-state index in [4.69, 9.17) is 23.2 Å². The van der Waals surface area contributed by atoms with E-state index in [9.17, 15) is 0 Å². The summed E-state index contributed by atoms with van der Waals surface area (Å²) in [6, 6.07) is 42.6. The Kier molecular flexibility index (Phi) is 9.12. The molecule has 0 aliphatic rings. The van der Waals surface area contributed by atoms with E-state index in [2.05, 4.69) is 121 Å². The largest absolute Gasteiger partial charge is 0.242 e. The maximum atomic E-state index is 8.49. The molecule has 0 unspecified atom stereocenters. The summed E-state index contributed by atoms with van der Waals surface area (Å²) < 4.78 is 40.9. The minimum absolute atomic E-state index is 0.677. The lowest BCUT2D eigenvalue weighted by Gasteiger charge is -2.25. The van der Waals surface area contributed by atoms with Crippen molar-refractivity contribution in [2.75, 3.05) is 6.61 Å². The number of hydrogen-bond donors (Lipinski definition) is 0. The highest BCUT2D eigenvalue weighted by molar-refractivity contribution is 7.91. The molecule has 0 saturated heterocycles. The van der Waals surface area contributed by atoms with Gasteiger partial charge in [0.25, 0.3) is 0 Å². The van der Waals surface area contributed by atoms with E-state index in [-0.39, 0.29) is 0 Å². The third-order valence-corrected chi connectivity index (χ3v) is 8.52. The zero-order valence-electron chi connectivity index (χ0n) is 17.8. The molecule has 0 aliphatic heterocycles. The predicted octanol–water partition coefficient (Wildman–Crippen LogP) is 0.399. The Morgan fingerprint density at radius 3 is 1.15 bits per heavy atom. The molecule has 0 aliphatic carbocycles. The summed E-state index contributed by atoms with van der Waals surface area (Å²) in [7, 11) is -7.13. The van der Waals surface area contributed by atoms with Gasteiger partial charge in [0.1, 0.15) is 15.9 Å². The van der Waals surface area contributed by atoms with Gasteiger partial charge in [-0.3, -0.25) is 0 Å². The number of benzene rings is 4. The van der Waals surface area contributed by atoms with Gasteiger partial charge in [0, 0.05) is 6.42 Å². The van der Waals surface area contributed by atoms with Gasteiger partial charge in [0.15, 0.2) is 0 Å². The van der Waals surface area contributed by atoms with Gasteiger partial charge >= 0.3 is 0 Å². The lowest BCUT2D eigenvalue weighted by Crippen LogP contribution is -2.68. The standard InChI is InChI=1S/C26H24OP.ClHO4/c1-5-13-23(14-6-1)21-22-27-28(24-15-7-2-8-16-24,25-17-9-3-10-18-25)26-19-11-4-12-20-26;2-1(3,4)5/h1-20H,21-22H2;(H,2,3,4,5)/q+1;/p-1. The van der Waals surface area contributed by atoms with Gasteiger partial charge in [-0.15, -0.1) is 10.2 Å². The second-order valence-electron chi connectivity index (χ2n) is 7.06. The van der Waals surface area contributed by atoms with E-state index in [1.54, 1.807) is 0 Å². The second-order valence-corrected chi connectivity index (χ2v) is 10.8. The van der Waals surface area contributed by atoms with Crippen molar-refractivity contribution in [2.45, 2.75) is 6.42 Å². The van der Waals surface area contributed by atoms with E-state index in [0.29, 0.717) is 6.61 Å². The minimum Gasteiger partial charge on any atom is -0.222 e. The number of rotatable bonds is 7. The molecule has 0 amide bonds. The number of halogens is 1. The first-order chi connectivity index (χ1) is 15.9. The van der Waals surface area contributed by atoms with Gasteiger partial charge in [0.05, 0.1) is 6.61 Å². The van der Waals surface area contributed by atoms with Crippen molar-refractivity contribution < 1.29 is 33.4 Å². The summed E-state index contributed by atoms with van der Waals surface area (Å²) in [5, 5.41) is 3.75. The quantitative estimate of drug-likeness (QED) is 0.355. The summed E-state index contributed by atoms with van der Waals surface area (Å²) >= 11 is 0. The lowest BCUT2D eigenvalue weighted by atomic mass is 10.2. The summed E-state index contributed by atoms with van der Waals surface area (Å²) in [4.78, 5) is 0. The Balaban J connectivity index is 0.000000555. The summed E-state index contributed by atoms with van der Waals surface area (Å²) in [5.74, 6) is 0. The monoisotopic (exact) mass is 482 g/mol. The zero-order valence-corrected chi connectivity index (χ0v) is 19.5. The Morgan fingerprint density at radius 1 is 0.515 bits per heavy atom. The molecule has 4 rings (SSSR count). The van der Waals surface area contributed by atoms with Crippen LogP contribution < -0.4 is 34.5 Å². The van der Waals surface area contributed by atoms with Crippen molar-refractivity contribution >= 4 is 23.4 Å². The first-order valence-corrected chi connectivity index (χ1v) is 13.2. The normalized spacial score (nSPS) is 11.4. The second kappa shape index (κ2) is 12.0. The molecular formula is C26H24ClO5P. The molecule has 5 nitrogen and oxygen atoms in total. The third kappa shape index (κ3) is 7.46. The smallest absolute Gasteiger partial charge is 0.222 e. The molecule has 0 radical (unpaired) electrons. The molecule has 0 heterocycles. The fraction of sp³-hybridized carbons (Fsp3) is 0.0769. The van der Waals surface area contributed by atoms with Crippen LogP contribution in [0.5, 0.6) is 0 Å². The molecule has 0 fully saturated rings. The van der Waals surface area contributed by atoms with E-state index >= 15 is 0 Å². The minimum atomic E-state index is -4.94. The van der Waals surface area contributed by atoms with Crippen LogP contribution in [0.4, 0.5) is 0 Å². The Morgan fingerprint density at radius 2 is 0.818 bits per heavy atom. The van der Waals surface area contributed by atoms with Crippen molar-refractivity contribution in [3.8, 4) is 0 Å². The molecule has 0 atom stereocenters. The van der Waals surface area contributed by atoms with Gasteiger partial charge in [-0.25, -0.2) is 23.2 Å². The van der Waals surface area contributed by atoms with Crippen molar-refractivity contribution in [1.82, 2.24) is 0 Å². The first kappa shape index (κ1) is 25.0. The van der Waals surface area contributed by atoms with Crippen LogP contribution in [-0.2, 0) is 10.9 Å². The van der Waals surface area contributed by atoms with Gasteiger partial charge < -0.3 is 0 Å². The fourth-order valence-corrected chi connectivity index (χ4v) is 7.01. The van der Waals surface area contributed by atoms with Crippen LogP contribution in [-0.4, -0.2) is 6.61 Å². The van der Waals surface area contributed by atoms with E-state index < -0.39 is 17.7 Å².